The van der Waals surface area contributed by atoms with Crippen molar-refractivity contribution in [3.8, 4) is 0 Å². The monoisotopic (exact) mass is 406 g/mol. The molecule has 8 nitrogen and oxygen atoms in total. The number of hydrogen-bond acceptors (Lipinski definition) is 7. The molecule has 0 radical (unpaired) electrons. The Kier molecular flexibility index (Phi) is 4.82. The van der Waals surface area contributed by atoms with Crippen molar-refractivity contribution in [2.45, 2.75) is 24.8 Å². The van der Waals surface area contributed by atoms with Gasteiger partial charge in [-0.25, -0.2) is 23.7 Å². The van der Waals surface area contributed by atoms with Gasteiger partial charge in [0, 0.05) is 32.2 Å². The number of alkyl halides is 2. The second-order valence-corrected chi connectivity index (χ2v) is 6.73. The molecule has 11 heteroatoms. The smallest absolute Gasteiger partial charge is 0.252 e. The van der Waals surface area contributed by atoms with Crippen molar-refractivity contribution in [2.24, 2.45) is 0 Å². The molecule has 1 fully saturated rings. The van der Waals surface area contributed by atoms with E-state index in [0.29, 0.717) is 16.9 Å². The van der Waals surface area contributed by atoms with Gasteiger partial charge in [0.15, 0.2) is 5.78 Å². The lowest BCUT2D eigenvalue weighted by atomic mass is 9.88. The van der Waals surface area contributed by atoms with Gasteiger partial charge in [-0.2, -0.15) is 4.39 Å². The predicted octanol–water partition coefficient (Wildman–Crippen LogP) is 2.95. The number of pyridine rings is 1. The van der Waals surface area contributed by atoms with Crippen molar-refractivity contribution in [3.05, 3.63) is 41.7 Å². The summed E-state index contributed by atoms with van der Waals surface area (Å²) < 4.78 is 45.3. The number of anilines is 2. The van der Waals surface area contributed by atoms with E-state index in [1.54, 1.807) is 0 Å². The number of aromatic amines is 1. The van der Waals surface area contributed by atoms with Crippen molar-refractivity contribution in [1.82, 2.24) is 19.9 Å². The number of ketones is 1. The third-order valence-corrected chi connectivity index (χ3v) is 4.63. The van der Waals surface area contributed by atoms with Crippen molar-refractivity contribution in [1.29, 1.82) is 0 Å². The summed E-state index contributed by atoms with van der Waals surface area (Å²) in [6, 6.07) is 2.19. The zero-order valence-corrected chi connectivity index (χ0v) is 15.3. The Labute approximate surface area is 162 Å². The molecule has 0 aliphatic heterocycles. The molecule has 1 aliphatic rings. The summed E-state index contributed by atoms with van der Waals surface area (Å²) >= 11 is 0. The van der Waals surface area contributed by atoms with Crippen LogP contribution < -0.4 is 10.6 Å². The van der Waals surface area contributed by atoms with Crippen LogP contribution >= 0.6 is 0 Å². The first-order valence-electron chi connectivity index (χ1n) is 8.78. The number of halogens is 3. The van der Waals surface area contributed by atoms with E-state index in [0.717, 1.165) is 0 Å². The lowest BCUT2D eigenvalue weighted by Crippen LogP contribution is -2.44. The van der Waals surface area contributed by atoms with E-state index in [1.165, 1.54) is 31.8 Å². The molecule has 3 N–H and O–H groups in total. The predicted molar refractivity (Wildman–Crippen MR) is 98.6 cm³/mol. The maximum absolute atomic E-state index is 14.5. The molecule has 0 unspecified atom stereocenters. The van der Waals surface area contributed by atoms with Crippen LogP contribution in [-0.2, 0) is 4.74 Å². The van der Waals surface area contributed by atoms with Crippen LogP contribution in [0, 0.1) is 5.95 Å². The van der Waals surface area contributed by atoms with E-state index >= 15 is 0 Å². The maximum Gasteiger partial charge on any atom is 0.252 e. The number of methoxy groups -OCH3 is 1. The number of carbonyl (C=O) groups is 1. The first kappa shape index (κ1) is 19.1. The molecule has 0 spiro atoms. The van der Waals surface area contributed by atoms with Crippen LogP contribution in [0.15, 0.2) is 24.7 Å². The van der Waals surface area contributed by atoms with E-state index < -0.39 is 23.7 Å². The second kappa shape index (κ2) is 7.32. The third-order valence-electron chi connectivity index (χ3n) is 4.63. The fourth-order valence-corrected chi connectivity index (χ4v) is 3.22. The number of aromatic nitrogens is 4. The van der Waals surface area contributed by atoms with Crippen LogP contribution in [-0.4, -0.2) is 51.5 Å². The molecule has 0 atom stereocenters. The molecule has 0 saturated heterocycles. The summed E-state index contributed by atoms with van der Waals surface area (Å²) in [4.78, 5) is 27.6. The molecular weight excluding hydrogens is 389 g/mol. The number of hydrogen-bond donors (Lipinski definition) is 3. The Morgan fingerprint density at radius 1 is 1.31 bits per heavy atom. The number of rotatable bonds is 7. The van der Waals surface area contributed by atoms with Gasteiger partial charge < -0.3 is 20.4 Å². The molecule has 0 bridgehead atoms. The first-order chi connectivity index (χ1) is 13.9. The normalized spacial score (nSPS) is 15.9. The third kappa shape index (κ3) is 3.73. The van der Waals surface area contributed by atoms with Gasteiger partial charge in [-0.15, -0.1) is 0 Å². The van der Waals surface area contributed by atoms with Gasteiger partial charge in [0.05, 0.1) is 16.5 Å². The van der Waals surface area contributed by atoms with Gasteiger partial charge in [-0.05, 0) is 12.1 Å². The molecule has 0 aromatic carbocycles. The zero-order valence-electron chi connectivity index (χ0n) is 15.3. The zero-order chi connectivity index (χ0) is 20.6. The highest BCUT2D eigenvalue weighted by atomic mass is 19.3. The fourth-order valence-electron chi connectivity index (χ4n) is 3.22. The quantitative estimate of drug-likeness (QED) is 0.315. The number of nitrogens with zero attached hydrogens (tertiary/aromatic N) is 3. The Hall–Kier alpha value is -3.21. The second-order valence-electron chi connectivity index (χ2n) is 6.73. The average Bonchev–Trinajstić information content (AvgIpc) is 3.09. The van der Waals surface area contributed by atoms with Gasteiger partial charge in [0.2, 0.25) is 5.95 Å². The molecule has 29 heavy (non-hydrogen) atoms. The van der Waals surface area contributed by atoms with Crippen LogP contribution in [0.1, 0.15) is 28.8 Å². The van der Waals surface area contributed by atoms with Crippen LogP contribution in [0.25, 0.3) is 11.0 Å². The van der Waals surface area contributed by atoms with E-state index in [9.17, 15) is 18.0 Å². The van der Waals surface area contributed by atoms with Gasteiger partial charge in [0.1, 0.15) is 30.3 Å². The highest BCUT2D eigenvalue weighted by Crippen LogP contribution is 2.38. The Morgan fingerprint density at radius 3 is 2.79 bits per heavy atom. The van der Waals surface area contributed by atoms with Crippen LogP contribution in [0.5, 0.6) is 0 Å². The summed E-state index contributed by atoms with van der Waals surface area (Å²) in [5.74, 6) is -3.84. The van der Waals surface area contributed by atoms with E-state index in [1.807, 2.05) is 0 Å². The number of H-pyrrole nitrogens is 1. The molecule has 3 aromatic heterocycles. The van der Waals surface area contributed by atoms with Gasteiger partial charge in [-0.3, -0.25) is 4.79 Å². The van der Waals surface area contributed by atoms with Crippen LogP contribution in [0.2, 0.25) is 0 Å². The Balaban J connectivity index is 1.60. The minimum absolute atomic E-state index is 0.101. The van der Waals surface area contributed by atoms with E-state index in [2.05, 4.69) is 30.6 Å². The molecule has 0 amide bonds. The summed E-state index contributed by atoms with van der Waals surface area (Å²) in [5, 5.41) is 6.05. The van der Waals surface area contributed by atoms with Gasteiger partial charge in [-0.1, -0.05) is 0 Å². The molecule has 3 aromatic rings. The first-order valence-corrected chi connectivity index (χ1v) is 8.78. The number of ether oxygens (including phenoxy) is 1. The highest BCUT2D eigenvalue weighted by molar-refractivity contribution is 6.18. The molecule has 152 valence electrons. The maximum atomic E-state index is 14.5. The summed E-state index contributed by atoms with van der Waals surface area (Å²) in [6.07, 6.45) is 2.08. The number of carbonyl (C=O) groups excluding carboxylic acids is 1. The molecular formula is C18H17F3N6O2. The van der Waals surface area contributed by atoms with Crippen molar-refractivity contribution in [2.75, 3.05) is 24.5 Å². The molecule has 1 saturated carbocycles. The van der Waals surface area contributed by atoms with Gasteiger partial charge >= 0.3 is 0 Å². The Morgan fingerprint density at radius 2 is 2.10 bits per heavy atom. The molecule has 3 heterocycles. The lowest BCUT2D eigenvalue weighted by molar-refractivity contribution is -0.0794. The SMILES string of the molecule is COCNc1ncnc2[nH]cc(C(=O)c3ccc(NC4CC(F)(F)C4)nc3F)c12. The van der Waals surface area contributed by atoms with E-state index in [-0.39, 0.29) is 36.5 Å². The summed E-state index contributed by atoms with van der Waals surface area (Å²) in [7, 11) is 1.50. The van der Waals surface area contributed by atoms with Crippen LogP contribution in [0.3, 0.4) is 0 Å². The van der Waals surface area contributed by atoms with Gasteiger partial charge in [0.25, 0.3) is 5.92 Å². The van der Waals surface area contributed by atoms with Crippen molar-refractivity contribution >= 4 is 28.5 Å². The molecule has 1 aliphatic carbocycles. The topological polar surface area (TPSA) is 105 Å². The highest BCUT2D eigenvalue weighted by Gasteiger charge is 2.45. The minimum Gasteiger partial charge on any atom is -0.367 e. The van der Waals surface area contributed by atoms with Crippen LogP contribution in [0.4, 0.5) is 24.8 Å². The number of nitrogens with one attached hydrogen (secondary N) is 3. The standard InChI is InChI=1S/C18H17F3N6O2/c1-29-8-25-17-13-11(6-22-16(13)23-7-24-17)14(28)10-2-3-12(27-15(10)19)26-9-4-18(20,21)5-9/h2-3,6-7,9H,4-5,8H2,1H3,(H,26,27)(H2,22,23,24,25). The largest absolute Gasteiger partial charge is 0.367 e. The van der Waals surface area contributed by atoms with Crippen molar-refractivity contribution in [3.63, 3.8) is 0 Å². The summed E-state index contributed by atoms with van der Waals surface area (Å²) in [5.41, 5.74) is 0.315. The van der Waals surface area contributed by atoms with E-state index in [4.69, 9.17) is 4.74 Å². The lowest BCUT2D eigenvalue weighted by Gasteiger charge is -2.35. The number of fused-ring (bicyclic) bond motifs is 1. The minimum atomic E-state index is -2.70. The molecule has 4 rings (SSSR count). The average molecular weight is 406 g/mol. The summed E-state index contributed by atoms with van der Waals surface area (Å²) in [6.45, 7) is 0.154. The fraction of sp³-hybridized carbons (Fsp3) is 0.333. The van der Waals surface area contributed by atoms with Crippen molar-refractivity contribution < 1.29 is 22.7 Å². The Bertz CT molecular complexity index is 1060.